The molecule has 0 unspecified atom stereocenters. The van der Waals surface area contributed by atoms with Crippen LogP contribution in [0.15, 0.2) is 23.4 Å². The number of rotatable bonds is 4. The van der Waals surface area contributed by atoms with Crippen molar-refractivity contribution in [2.24, 2.45) is 10.9 Å². The van der Waals surface area contributed by atoms with Gasteiger partial charge in [-0.2, -0.15) is 0 Å². The van der Waals surface area contributed by atoms with Crippen molar-refractivity contribution in [2.45, 2.75) is 13.0 Å². The van der Waals surface area contributed by atoms with Gasteiger partial charge < -0.3 is 20.6 Å². The predicted octanol–water partition coefficient (Wildman–Crippen LogP) is 0.927. The fourth-order valence-electron chi connectivity index (χ4n) is 2.62. The van der Waals surface area contributed by atoms with Crippen molar-refractivity contribution in [3.63, 3.8) is 0 Å². The summed E-state index contributed by atoms with van der Waals surface area (Å²) in [5, 5.41) is 11.8. The third-order valence-electron chi connectivity index (χ3n) is 3.87. The molecule has 1 aliphatic rings. The summed E-state index contributed by atoms with van der Waals surface area (Å²) in [5.74, 6) is 0.699. The molecule has 21 heavy (non-hydrogen) atoms. The molecule has 0 aliphatic carbocycles. The highest BCUT2D eigenvalue weighted by Crippen LogP contribution is 2.21. The lowest BCUT2D eigenvalue weighted by Gasteiger charge is -2.20. The summed E-state index contributed by atoms with van der Waals surface area (Å²) in [6.07, 6.45) is 1.19. The van der Waals surface area contributed by atoms with Crippen LogP contribution in [-0.4, -0.2) is 61.2 Å². The van der Waals surface area contributed by atoms with Crippen molar-refractivity contribution >= 4 is 5.84 Å². The average Bonchev–Trinajstić information content (AvgIpc) is 2.71. The number of ether oxygens (including phenoxy) is 1. The van der Waals surface area contributed by atoms with E-state index < -0.39 is 0 Å². The number of nitrogens with zero attached hydrogens (tertiary/aromatic N) is 3. The predicted molar refractivity (Wildman–Crippen MR) is 82.9 cm³/mol. The second-order valence-corrected chi connectivity index (χ2v) is 5.45. The second-order valence-electron chi connectivity index (χ2n) is 5.45. The topological polar surface area (TPSA) is 74.3 Å². The molecule has 0 bridgehead atoms. The van der Waals surface area contributed by atoms with Crippen LogP contribution in [0.5, 0.6) is 5.75 Å². The zero-order chi connectivity index (χ0) is 15.2. The smallest absolute Gasteiger partial charge is 0.173 e. The SMILES string of the molecule is COc1cc(CN2CCCN(C)CC2)ccc1/C(N)=N/O. The van der Waals surface area contributed by atoms with Gasteiger partial charge in [0.15, 0.2) is 5.84 Å². The van der Waals surface area contributed by atoms with E-state index >= 15 is 0 Å². The Morgan fingerprint density at radius 2 is 2.14 bits per heavy atom. The average molecular weight is 292 g/mol. The Hall–Kier alpha value is -1.79. The summed E-state index contributed by atoms with van der Waals surface area (Å²) in [6.45, 7) is 5.32. The van der Waals surface area contributed by atoms with Gasteiger partial charge in [0.25, 0.3) is 0 Å². The number of nitrogens with two attached hydrogens (primary N) is 1. The van der Waals surface area contributed by atoms with Gasteiger partial charge in [0.2, 0.25) is 0 Å². The van der Waals surface area contributed by atoms with Gasteiger partial charge in [0.05, 0.1) is 12.7 Å². The summed E-state index contributed by atoms with van der Waals surface area (Å²) in [4.78, 5) is 4.81. The molecule has 1 aromatic rings. The summed E-state index contributed by atoms with van der Waals surface area (Å²) in [6, 6.07) is 5.81. The van der Waals surface area contributed by atoms with Gasteiger partial charge in [0, 0.05) is 19.6 Å². The van der Waals surface area contributed by atoms with Gasteiger partial charge in [-0.1, -0.05) is 11.2 Å². The monoisotopic (exact) mass is 292 g/mol. The molecule has 0 amide bonds. The van der Waals surface area contributed by atoms with E-state index in [1.807, 2.05) is 18.2 Å². The largest absolute Gasteiger partial charge is 0.496 e. The molecular formula is C15H24N4O2. The van der Waals surface area contributed by atoms with Crippen molar-refractivity contribution in [2.75, 3.05) is 40.3 Å². The van der Waals surface area contributed by atoms with Crippen LogP contribution in [0.2, 0.25) is 0 Å². The molecular weight excluding hydrogens is 268 g/mol. The number of benzene rings is 1. The Morgan fingerprint density at radius 1 is 1.33 bits per heavy atom. The van der Waals surface area contributed by atoms with Crippen LogP contribution in [0.4, 0.5) is 0 Å². The first kappa shape index (κ1) is 15.6. The standard InChI is InChI=1S/C15H24N4O2/c1-18-6-3-7-19(9-8-18)11-12-4-5-13(15(16)17-20)14(10-12)21-2/h4-5,10,20H,3,6-9,11H2,1-2H3,(H2,16,17). The van der Waals surface area contributed by atoms with Gasteiger partial charge in [-0.3, -0.25) is 4.90 Å². The molecule has 3 N–H and O–H groups in total. The third kappa shape index (κ3) is 4.09. The van der Waals surface area contributed by atoms with Crippen molar-refractivity contribution in [3.8, 4) is 5.75 Å². The maximum atomic E-state index is 8.79. The normalized spacial score (nSPS) is 18.5. The van der Waals surface area contributed by atoms with Crippen LogP contribution in [-0.2, 0) is 6.54 Å². The van der Waals surface area contributed by atoms with E-state index in [2.05, 4.69) is 22.0 Å². The number of likely N-dealkylation sites (N-methyl/N-ethyl adjacent to an activating group) is 1. The third-order valence-corrected chi connectivity index (χ3v) is 3.87. The highest BCUT2D eigenvalue weighted by Gasteiger charge is 2.14. The Kier molecular flexibility index (Phi) is 5.41. The number of methoxy groups -OCH3 is 1. The van der Waals surface area contributed by atoms with Crippen molar-refractivity contribution in [1.29, 1.82) is 0 Å². The molecule has 116 valence electrons. The molecule has 1 aromatic carbocycles. The van der Waals surface area contributed by atoms with Crippen LogP contribution in [0.1, 0.15) is 17.5 Å². The Balaban J connectivity index is 2.10. The Labute approximate surface area is 125 Å². The minimum atomic E-state index is 0.0646. The number of amidine groups is 1. The summed E-state index contributed by atoms with van der Waals surface area (Å²) < 4.78 is 5.34. The molecule has 0 radical (unpaired) electrons. The summed E-state index contributed by atoms with van der Waals surface area (Å²) in [7, 11) is 3.76. The molecule has 1 saturated heterocycles. The van der Waals surface area contributed by atoms with Crippen LogP contribution in [0, 0.1) is 0 Å². The first-order chi connectivity index (χ1) is 10.1. The van der Waals surface area contributed by atoms with Gasteiger partial charge in [-0.05, 0) is 44.3 Å². The fraction of sp³-hybridized carbons (Fsp3) is 0.533. The van der Waals surface area contributed by atoms with Gasteiger partial charge in [0.1, 0.15) is 5.75 Å². The zero-order valence-corrected chi connectivity index (χ0v) is 12.7. The number of oxime groups is 1. The first-order valence-electron chi connectivity index (χ1n) is 7.19. The molecule has 1 heterocycles. The minimum absolute atomic E-state index is 0.0646. The quantitative estimate of drug-likeness (QED) is 0.374. The number of hydrogen-bond acceptors (Lipinski definition) is 5. The highest BCUT2D eigenvalue weighted by atomic mass is 16.5. The lowest BCUT2D eigenvalue weighted by molar-refractivity contribution is 0.269. The van der Waals surface area contributed by atoms with Crippen LogP contribution in [0.25, 0.3) is 0 Å². The van der Waals surface area contributed by atoms with E-state index in [0.717, 1.165) is 32.7 Å². The van der Waals surface area contributed by atoms with Crippen molar-refractivity contribution < 1.29 is 9.94 Å². The van der Waals surface area contributed by atoms with E-state index in [9.17, 15) is 0 Å². The molecule has 2 rings (SSSR count). The van der Waals surface area contributed by atoms with E-state index in [1.165, 1.54) is 12.0 Å². The Morgan fingerprint density at radius 3 is 2.86 bits per heavy atom. The van der Waals surface area contributed by atoms with Gasteiger partial charge in [-0.15, -0.1) is 0 Å². The van der Waals surface area contributed by atoms with Crippen LogP contribution in [0.3, 0.4) is 0 Å². The van der Waals surface area contributed by atoms with Gasteiger partial charge >= 0.3 is 0 Å². The molecule has 0 aromatic heterocycles. The molecule has 6 nitrogen and oxygen atoms in total. The maximum Gasteiger partial charge on any atom is 0.173 e. The molecule has 0 atom stereocenters. The molecule has 6 heteroatoms. The Bertz CT molecular complexity index is 504. The van der Waals surface area contributed by atoms with Crippen molar-refractivity contribution in [3.05, 3.63) is 29.3 Å². The van der Waals surface area contributed by atoms with E-state index in [-0.39, 0.29) is 5.84 Å². The second kappa shape index (κ2) is 7.28. The number of hydrogen-bond donors (Lipinski definition) is 2. The molecule has 1 fully saturated rings. The zero-order valence-electron chi connectivity index (χ0n) is 12.7. The van der Waals surface area contributed by atoms with Gasteiger partial charge in [-0.25, -0.2) is 0 Å². The maximum absolute atomic E-state index is 8.79. The highest BCUT2D eigenvalue weighted by molar-refractivity contribution is 5.99. The molecule has 0 spiro atoms. The van der Waals surface area contributed by atoms with Crippen LogP contribution < -0.4 is 10.5 Å². The fourth-order valence-corrected chi connectivity index (χ4v) is 2.62. The van der Waals surface area contributed by atoms with Crippen LogP contribution >= 0.6 is 0 Å². The minimum Gasteiger partial charge on any atom is -0.496 e. The van der Waals surface area contributed by atoms with E-state index in [4.69, 9.17) is 15.7 Å². The van der Waals surface area contributed by atoms with E-state index in [1.54, 1.807) is 7.11 Å². The summed E-state index contributed by atoms with van der Waals surface area (Å²) in [5.41, 5.74) is 7.43. The molecule has 0 saturated carbocycles. The van der Waals surface area contributed by atoms with Crippen molar-refractivity contribution in [1.82, 2.24) is 9.80 Å². The van der Waals surface area contributed by atoms with E-state index in [0.29, 0.717) is 11.3 Å². The lowest BCUT2D eigenvalue weighted by Crippen LogP contribution is -2.28. The summed E-state index contributed by atoms with van der Waals surface area (Å²) >= 11 is 0. The lowest BCUT2D eigenvalue weighted by atomic mass is 10.1. The first-order valence-corrected chi connectivity index (χ1v) is 7.19. The molecule has 1 aliphatic heterocycles.